The van der Waals surface area contributed by atoms with E-state index in [1.807, 2.05) is 26.8 Å². The van der Waals surface area contributed by atoms with Gasteiger partial charge in [0.05, 0.1) is 12.1 Å². The maximum absolute atomic E-state index is 13.5. The van der Waals surface area contributed by atoms with Gasteiger partial charge in [-0.25, -0.2) is 4.39 Å². The molecule has 1 aromatic rings. The Hall–Kier alpha value is -1.46. The highest BCUT2D eigenvalue weighted by molar-refractivity contribution is 5.88. The molecule has 0 bridgehead atoms. The molecule has 0 aromatic heterocycles. The minimum Gasteiger partial charge on any atom is -0.380 e. The van der Waals surface area contributed by atoms with Gasteiger partial charge in [-0.1, -0.05) is 19.1 Å². The third-order valence-corrected chi connectivity index (χ3v) is 4.05. The number of halogens is 1. The van der Waals surface area contributed by atoms with Crippen molar-refractivity contribution in [1.82, 2.24) is 10.2 Å². The van der Waals surface area contributed by atoms with Gasteiger partial charge < -0.3 is 9.64 Å². The Bertz CT molecular complexity index is 509. The molecule has 1 saturated heterocycles. The molecule has 0 saturated carbocycles. The standard InChI is InChI=1S/C16H23FN2O2/c1-4-16(3)15(20)19(9-10-21-5-2)14(18-16)12-7-6-8-13(17)11-12/h6-8,11,14,18H,4-5,9-10H2,1-3H3. The van der Waals surface area contributed by atoms with E-state index in [1.165, 1.54) is 12.1 Å². The molecule has 116 valence electrons. The summed E-state index contributed by atoms with van der Waals surface area (Å²) in [7, 11) is 0. The number of carbonyl (C=O) groups is 1. The Balaban J connectivity index is 2.25. The summed E-state index contributed by atoms with van der Waals surface area (Å²) in [5.74, 6) is -0.254. The van der Waals surface area contributed by atoms with Gasteiger partial charge in [0.25, 0.3) is 0 Å². The van der Waals surface area contributed by atoms with Gasteiger partial charge in [-0.3, -0.25) is 10.1 Å². The lowest BCUT2D eigenvalue weighted by Gasteiger charge is -2.24. The van der Waals surface area contributed by atoms with Gasteiger partial charge >= 0.3 is 0 Å². The van der Waals surface area contributed by atoms with Gasteiger partial charge in [-0.15, -0.1) is 0 Å². The van der Waals surface area contributed by atoms with Gasteiger partial charge in [-0.2, -0.15) is 0 Å². The van der Waals surface area contributed by atoms with Crippen LogP contribution in [0.2, 0.25) is 0 Å². The highest BCUT2D eigenvalue weighted by Gasteiger charge is 2.46. The van der Waals surface area contributed by atoms with Gasteiger partial charge in [0.2, 0.25) is 5.91 Å². The molecule has 5 heteroatoms. The van der Waals surface area contributed by atoms with E-state index in [1.54, 1.807) is 11.0 Å². The molecule has 1 amide bonds. The van der Waals surface area contributed by atoms with Crippen LogP contribution < -0.4 is 5.32 Å². The van der Waals surface area contributed by atoms with Gasteiger partial charge in [0.1, 0.15) is 12.0 Å². The molecule has 2 atom stereocenters. The molecule has 2 unspecified atom stereocenters. The Kier molecular flexibility index (Phi) is 4.96. The number of amides is 1. The first kappa shape index (κ1) is 15.9. The van der Waals surface area contributed by atoms with E-state index in [-0.39, 0.29) is 17.9 Å². The van der Waals surface area contributed by atoms with Crippen LogP contribution >= 0.6 is 0 Å². The van der Waals surface area contributed by atoms with E-state index in [9.17, 15) is 9.18 Å². The number of benzene rings is 1. The van der Waals surface area contributed by atoms with Crippen LogP contribution in [0.4, 0.5) is 4.39 Å². The number of nitrogens with one attached hydrogen (secondary N) is 1. The monoisotopic (exact) mass is 294 g/mol. The number of hydrogen-bond acceptors (Lipinski definition) is 3. The highest BCUT2D eigenvalue weighted by Crippen LogP contribution is 2.32. The first-order valence-corrected chi connectivity index (χ1v) is 7.43. The van der Waals surface area contributed by atoms with Crippen LogP contribution in [0.15, 0.2) is 24.3 Å². The van der Waals surface area contributed by atoms with Crippen molar-refractivity contribution >= 4 is 5.91 Å². The van der Waals surface area contributed by atoms with Crippen molar-refractivity contribution in [1.29, 1.82) is 0 Å². The van der Waals surface area contributed by atoms with Crippen molar-refractivity contribution in [2.75, 3.05) is 19.8 Å². The first-order chi connectivity index (χ1) is 10.0. The molecule has 1 N–H and O–H groups in total. The third kappa shape index (κ3) is 3.24. The zero-order valence-corrected chi connectivity index (χ0v) is 12.9. The van der Waals surface area contributed by atoms with E-state index >= 15 is 0 Å². The summed E-state index contributed by atoms with van der Waals surface area (Å²) in [6, 6.07) is 6.38. The predicted octanol–water partition coefficient (Wildman–Crippen LogP) is 2.46. The predicted molar refractivity (Wildman–Crippen MR) is 79.2 cm³/mol. The Labute approximate surface area is 125 Å². The fraction of sp³-hybridized carbons (Fsp3) is 0.562. The van der Waals surface area contributed by atoms with Crippen molar-refractivity contribution in [2.24, 2.45) is 0 Å². The molecule has 4 nitrogen and oxygen atoms in total. The number of ether oxygens (including phenoxy) is 1. The topological polar surface area (TPSA) is 41.6 Å². The Morgan fingerprint density at radius 2 is 2.19 bits per heavy atom. The van der Waals surface area contributed by atoms with Crippen LogP contribution in [0, 0.1) is 5.82 Å². The number of hydrogen-bond donors (Lipinski definition) is 1. The van der Waals surface area contributed by atoms with Crippen LogP contribution in [0.3, 0.4) is 0 Å². The fourth-order valence-electron chi connectivity index (χ4n) is 2.61. The second-order valence-corrected chi connectivity index (χ2v) is 5.48. The molecule has 1 fully saturated rings. The van der Waals surface area contributed by atoms with Gasteiger partial charge in [0, 0.05) is 13.2 Å². The van der Waals surface area contributed by atoms with Crippen LogP contribution in [0.1, 0.15) is 38.9 Å². The Morgan fingerprint density at radius 3 is 2.81 bits per heavy atom. The summed E-state index contributed by atoms with van der Waals surface area (Å²) in [6.07, 6.45) is 0.376. The van der Waals surface area contributed by atoms with E-state index < -0.39 is 5.54 Å². The average molecular weight is 294 g/mol. The van der Waals surface area contributed by atoms with E-state index in [0.29, 0.717) is 26.2 Å². The maximum atomic E-state index is 13.5. The molecule has 2 rings (SSSR count). The number of carbonyl (C=O) groups excluding carboxylic acids is 1. The zero-order valence-electron chi connectivity index (χ0n) is 12.9. The summed E-state index contributed by atoms with van der Waals surface area (Å²) in [4.78, 5) is 14.4. The molecular formula is C16H23FN2O2. The second-order valence-electron chi connectivity index (χ2n) is 5.48. The summed E-state index contributed by atoms with van der Waals surface area (Å²) in [5, 5.41) is 3.34. The zero-order chi connectivity index (χ0) is 15.5. The average Bonchev–Trinajstić information content (AvgIpc) is 2.73. The van der Waals surface area contributed by atoms with Gasteiger partial charge in [0.15, 0.2) is 0 Å². The van der Waals surface area contributed by atoms with E-state index in [0.717, 1.165) is 5.56 Å². The molecule has 21 heavy (non-hydrogen) atoms. The van der Waals surface area contributed by atoms with Crippen molar-refractivity contribution in [3.8, 4) is 0 Å². The van der Waals surface area contributed by atoms with Gasteiger partial charge in [-0.05, 0) is 38.0 Å². The minimum absolute atomic E-state index is 0.0407. The lowest BCUT2D eigenvalue weighted by molar-refractivity contribution is -0.133. The second kappa shape index (κ2) is 6.54. The lowest BCUT2D eigenvalue weighted by Crippen LogP contribution is -2.43. The molecule has 1 aromatic carbocycles. The molecule has 1 aliphatic heterocycles. The minimum atomic E-state index is -0.608. The smallest absolute Gasteiger partial charge is 0.244 e. The largest absolute Gasteiger partial charge is 0.380 e. The van der Waals surface area contributed by atoms with Crippen molar-refractivity contribution in [3.05, 3.63) is 35.6 Å². The van der Waals surface area contributed by atoms with Crippen LogP contribution in [-0.2, 0) is 9.53 Å². The highest BCUT2D eigenvalue weighted by atomic mass is 19.1. The van der Waals surface area contributed by atoms with Crippen molar-refractivity contribution < 1.29 is 13.9 Å². The fourth-order valence-corrected chi connectivity index (χ4v) is 2.61. The molecule has 1 heterocycles. The molecule has 0 spiro atoms. The first-order valence-electron chi connectivity index (χ1n) is 7.43. The molecule has 1 aliphatic rings. The summed E-state index contributed by atoms with van der Waals surface area (Å²) < 4.78 is 18.8. The molecule has 0 radical (unpaired) electrons. The number of rotatable bonds is 6. The quantitative estimate of drug-likeness (QED) is 0.820. The van der Waals surface area contributed by atoms with E-state index in [2.05, 4.69) is 5.32 Å². The number of nitrogens with zero attached hydrogens (tertiary/aromatic N) is 1. The van der Waals surface area contributed by atoms with Crippen molar-refractivity contribution in [3.63, 3.8) is 0 Å². The normalized spacial score (nSPS) is 25.6. The third-order valence-electron chi connectivity index (χ3n) is 4.05. The van der Waals surface area contributed by atoms with Crippen LogP contribution in [0.25, 0.3) is 0 Å². The van der Waals surface area contributed by atoms with Crippen LogP contribution in [-0.4, -0.2) is 36.1 Å². The van der Waals surface area contributed by atoms with Crippen molar-refractivity contribution in [2.45, 2.75) is 38.9 Å². The summed E-state index contributed by atoms with van der Waals surface area (Å²) in [5.41, 5.74) is 0.153. The van der Waals surface area contributed by atoms with E-state index in [4.69, 9.17) is 4.74 Å². The SMILES string of the molecule is CCOCCN1C(=O)C(C)(CC)NC1c1cccc(F)c1. The summed E-state index contributed by atoms with van der Waals surface area (Å²) in [6.45, 7) is 7.38. The Morgan fingerprint density at radius 1 is 1.43 bits per heavy atom. The molecular weight excluding hydrogens is 271 g/mol. The van der Waals surface area contributed by atoms with Crippen LogP contribution in [0.5, 0.6) is 0 Å². The maximum Gasteiger partial charge on any atom is 0.244 e. The summed E-state index contributed by atoms with van der Waals surface area (Å²) >= 11 is 0. The molecule has 0 aliphatic carbocycles. The lowest BCUT2D eigenvalue weighted by atomic mass is 9.99.